The molecule has 1 aliphatic rings. The van der Waals surface area contributed by atoms with E-state index in [0.29, 0.717) is 13.1 Å². The van der Waals surface area contributed by atoms with E-state index in [9.17, 15) is 0 Å². The molecule has 31 heavy (non-hydrogen) atoms. The second-order valence-corrected chi connectivity index (χ2v) is 7.31. The maximum atomic E-state index is 5.69. The van der Waals surface area contributed by atoms with Crippen molar-refractivity contribution in [3.63, 3.8) is 0 Å². The van der Waals surface area contributed by atoms with Gasteiger partial charge in [0.2, 0.25) is 0 Å². The number of nitrogens with one attached hydrogen (secondary N) is 3. The van der Waals surface area contributed by atoms with Crippen LogP contribution in [0.3, 0.4) is 0 Å². The Balaban J connectivity index is 0.00000272. The lowest BCUT2D eigenvalue weighted by Gasteiger charge is -2.26. The zero-order chi connectivity index (χ0) is 20.8. The van der Waals surface area contributed by atoms with Crippen molar-refractivity contribution >= 4 is 46.8 Å². The normalized spacial score (nSPS) is 15.6. The van der Waals surface area contributed by atoms with Crippen LogP contribution < -0.4 is 16.0 Å². The van der Waals surface area contributed by atoms with Crippen molar-refractivity contribution in [3.05, 3.63) is 36.7 Å². The van der Waals surface area contributed by atoms with Gasteiger partial charge < -0.3 is 20.4 Å². The van der Waals surface area contributed by atoms with Gasteiger partial charge in [-0.2, -0.15) is 5.10 Å². The van der Waals surface area contributed by atoms with E-state index in [2.05, 4.69) is 40.9 Å². The smallest absolute Gasteiger partial charge is 0.191 e. The van der Waals surface area contributed by atoms with Gasteiger partial charge in [-0.25, -0.2) is 9.97 Å². The number of rotatable bonds is 8. The van der Waals surface area contributed by atoms with Crippen LogP contribution in [-0.2, 0) is 7.05 Å². The molecule has 0 aliphatic carbocycles. The Bertz CT molecular complexity index is 966. The summed E-state index contributed by atoms with van der Waals surface area (Å²) in [6.45, 7) is 4.33. The van der Waals surface area contributed by atoms with Crippen LogP contribution >= 0.6 is 24.0 Å². The summed E-state index contributed by atoms with van der Waals surface area (Å²) in [5.74, 6) is 2.54. The highest BCUT2D eigenvalue weighted by Gasteiger charge is 2.25. The van der Waals surface area contributed by atoms with Crippen LogP contribution in [0.2, 0.25) is 0 Å². The first-order valence-electron chi connectivity index (χ1n) is 10.3. The molecule has 0 spiro atoms. The Morgan fingerprint density at radius 1 is 1.23 bits per heavy atom. The summed E-state index contributed by atoms with van der Waals surface area (Å²) in [4.78, 5) is 15.4. The predicted octanol–water partition coefficient (Wildman–Crippen LogP) is 1.99. The second kappa shape index (κ2) is 11.3. The Labute approximate surface area is 198 Å². The molecule has 0 radical (unpaired) electrons. The van der Waals surface area contributed by atoms with E-state index in [4.69, 9.17) is 4.42 Å². The van der Waals surface area contributed by atoms with Gasteiger partial charge in [-0.15, -0.1) is 24.0 Å². The molecule has 3 aromatic heterocycles. The highest BCUT2D eigenvalue weighted by molar-refractivity contribution is 14.0. The highest BCUT2D eigenvalue weighted by Crippen LogP contribution is 2.24. The van der Waals surface area contributed by atoms with E-state index >= 15 is 0 Å². The molecule has 0 aromatic carbocycles. The summed E-state index contributed by atoms with van der Waals surface area (Å²) in [5, 5.41) is 15.3. The fourth-order valence-electron chi connectivity index (χ4n) is 3.82. The highest BCUT2D eigenvalue weighted by atomic mass is 127. The first-order chi connectivity index (χ1) is 14.8. The van der Waals surface area contributed by atoms with Gasteiger partial charge in [0.1, 0.15) is 17.9 Å². The SMILES string of the molecule is CN=C(NCCNc1ncnc2c1cnn2C)NCC(c1ccco1)N1CCCC1.I. The van der Waals surface area contributed by atoms with Crippen LogP contribution in [0.1, 0.15) is 24.6 Å². The van der Waals surface area contributed by atoms with Gasteiger partial charge in [-0.3, -0.25) is 14.6 Å². The van der Waals surface area contributed by atoms with Crippen LogP contribution in [0.5, 0.6) is 0 Å². The molecule has 3 aromatic rings. The summed E-state index contributed by atoms with van der Waals surface area (Å²) < 4.78 is 7.43. The molecule has 4 heterocycles. The van der Waals surface area contributed by atoms with E-state index in [1.807, 2.05) is 19.2 Å². The maximum Gasteiger partial charge on any atom is 0.191 e. The first-order valence-corrected chi connectivity index (χ1v) is 10.3. The summed E-state index contributed by atoms with van der Waals surface area (Å²) >= 11 is 0. The van der Waals surface area contributed by atoms with Crippen LogP contribution in [0.25, 0.3) is 11.0 Å². The third-order valence-corrected chi connectivity index (χ3v) is 5.38. The van der Waals surface area contributed by atoms with Crippen molar-refractivity contribution in [1.29, 1.82) is 0 Å². The average molecular weight is 539 g/mol. The zero-order valence-electron chi connectivity index (χ0n) is 17.9. The minimum atomic E-state index is 0. The Morgan fingerprint density at radius 3 is 2.81 bits per heavy atom. The van der Waals surface area contributed by atoms with Gasteiger partial charge >= 0.3 is 0 Å². The fraction of sp³-hybridized carbons (Fsp3) is 0.500. The summed E-state index contributed by atoms with van der Waals surface area (Å²) in [6, 6.07) is 4.20. The van der Waals surface area contributed by atoms with E-state index in [1.54, 1.807) is 30.5 Å². The van der Waals surface area contributed by atoms with Crippen molar-refractivity contribution in [1.82, 2.24) is 35.3 Å². The van der Waals surface area contributed by atoms with E-state index in [1.165, 1.54) is 12.8 Å². The monoisotopic (exact) mass is 539 g/mol. The number of hydrogen-bond acceptors (Lipinski definition) is 7. The van der Waals surface area contributed by atoms with Crippen molar-refractivity contribution in [3.8, 4) is 0 Å². The third kappa shape index (κ3) is 5.64. The van der Waals surface area contributed by atoms with E-state index in [-0.39, 0.29) is 30.0 Å². The number of aryl methyl sites for hydroxylation is 1. The molecule has 1 aliphatic heterocycles. The molecular weight excluding hydrogens is 509 g/mol. The minimum absolute atomic E-state index is 0. The third-order valence-electron chi connectivity index (χ3n) is 5.38. The van der Waals surface area contributed by atoms with Gasteiger partial charge in [0, 0.05) is 33.7 Å². The van der Waals surface area contributed by atoms with E-state index < -0.39 is 0 Å². The lowest BCUT2D eigenvalue weighted by Crippen LogP contribution is -2.43. The summed E-state index contributed by atoms with van der Waals surface area (Å²) in [6.07, 6.45) is 7.54. The molecule has 0 bridgehead atoms. The van der Waals surface area contributed by atoms with Crippen molar-refractivity contribution in [2.24, 2.45) is 12.0 Å². The number of furan rings is 1. The summed E-state index contributed by atoms with van der Waals surface area (Å²) in [5.41, 5.74) is 0.809. The molecule has 10 nitrogen and oxygen atoms in total. The second-order valence-electron chi connectivity index (χ2n) is 7.31. The molecule has 0 amide bonds. The van der Waals surface area contributed by atoms with E-state index in [0.717, 1.165) is 48.2 Å². The summed E-state index contributed by atoms with van der Waals surface area (Å²) in [7, 11) is 3.65. The number of fused-ring (bicyclic) bond motifs is 1. The molecular formula is C20H30IN9O. The number of aromatic nitrogens is 4. The van der Waals surface area contributed by atoms with Crippen molar-refractivity contribution < 1.29 is 4.42 Å². The Kier molecular flexibility index (Phi) is 8.46. The van der Waals surface area contributed by atoms with Gasteiger partial charge in [-0.05, 0) is 38.1 Å². The number of nitrogens with zero attached hydrogens (tertiary/aromatic N) is 6. The largest absolute Gasteiger partial charge is 0.468 e. The standard InChI is InChI=1S/C20H29N9O.HI/c1-21-20(24-13-16(17-6-5-11-30-17)29-9-3-4-10-29)23-8-7-22-18-15-12-27-28(2)19(15)26-14-25-18;/h5-6,11-12,14,16H,3-4,7-10,13H2,1-2H3,(H2,21,23,24)(H,22,25,26);1H. The van der Waals surface area contributed by atoms with Crippen LogP contribution in [-0.4, -0.2) is 70.4 Å². The number of guanidine groups is 1. The average Bonchev–Trinajstić information content (AvgIpc) is 3.53. The molecule has 3 N–H and O–H groups in total. The zero-order valence-corrected chi connectivity index (χ0v) is 20.2. The fourth-order valence-corrected chi connectivity index (χ4v) is 3.82. The number of likely N-dealkylation sites (tertiary alicyclic amines) is 1. The molecule has 1 fully saturated rings. The van der Waals surface area contributed by atoms with Crippen LogP contribution in [0.4, 0.5) is 5.82 Å². The molecule has 11 heteroatoms. The van der Waals surface area contributed by atoms with Gasteiger partial charge in [0.05, 0.1) is 23.9 Å². The van der Waals surface area contributed by atoms with Gasteiger partial charge in [-0.1, -0.05) is 0 Å². The molecule has 4 rings (SSSR count). The molecule has 168 valence electrons. The molecule has 0 saturated carbocycles. The lowest BCUT2D eigenvalue weighted by molar-refractivity contribution is 0.215. The van der Waals surface area contributed by atoms with Crippen molar-refractivity contribution in [2.45, 2.75) is 18.9 Å². The minimum Gasteiger partial charge on any atom is -0.468 e. The Morgan fingerprint density at radius 2 is 2.06 bits per heavy atom. The number of aliphatic imine (C=N–C) groups is 1. The van der Waals surface area contributed by atoms with Gasteiger partial charge in [0.15, 0.2) is 11.6 Å². The maximum absolute atomic E-state index is 5.69. The number of hydrogen-bond donors (Lipinski definition) is 3. The molecule has 1 saturated heterocycles. The predicted molar refractivity (Wildman–Crippen MR) is 132 cm³/mol. The van der Waals surface area contributed by atoms with Crippen LogP contribution in [0, 0.1) is 0 Å². The molecule has 1 atom stereocenters. The van der Waals surface area contributed by atoms with Crippen LogP contribution in [0.15, 0.2) is 40.3 Å². The topological polar surface area (TPSA) is 108 Å². The van der Waals surface area contributed by atoms with Gasteiger partial charge in [0.25, 0.3) is 0 Å². The number of halogens is 1. The lowest BCUT2D eigenvalue weighted by atomic mass is 10.2. The Hall–Kier alpha value is -2.41. The van der Waals surface area contributed by atoms with Crippen molar-refractivity contribution in [2.75, 3.05) is 45.1 Å². The number of anilines is 1. The first kappa shape index (κ1) is 23.3. The quantitative estimate of drug-likeness (QED) is 0.173. The molecule has 1 unspecified atom stereocenters.